The van der Waals surface area contributed by atoms with E-state index in [2.05, 4.69) is 17.6 Å². The van der Waals surface area contributed by atoms with Gasteiger partial charge in [0.25, 0.3) is 0 Å². The average Bonchev–Trinajstić information content (AvgIpc) is 3.15. The average molecular weight is 276 g/mol. The highest BCUT2D eigenvalue weighted by atomic mass is 16.4. The van der Waals surface area contributed by atoms with Crippen LogP contribution in [0, 0.1) is 5.41 Å². The summed E-state index contributed by atoms with van der Waals surface area (Å²) in [5, 5.41) is 14.5. The van der Waals surface area contributed by atoms with Crippen molar-refractivity contribution in [2.75, 3.05) is 6.54 Å². The molecule has 0 saturated heterocycles. The summed E-state index contributed by atoms with van der Waals surface area (Å²) in [5.41, 5.74) is 1.02. The van der Waals surface area contributed by atoms with Gasteiger partial charge in [0.05, 0.1) is 12.5 Å². The number of carboxylic acids is 1. The summed E-state index contributed by atoms with van der Waals surface area (Å²) >= 11 is 0. The minimum atomic E-state index is -0.937. The van der Waals surface area contributed by atoms with E-state index in [1.54, 1.807) is 0 Å². The molecule has 5 heteroatoms. The first-order valence-corrected chi connectivity index (χ1v) is 6.80. The fraction of sp³-hybridized carbons (Fsp3) is 0.467. The molecule has 1 atom stereocenters. The van der Waals surface area contributed by atoms with Crippen LogP contribution in [0.2, 0.25) is 0 Å². The van der Waals surface area contributed by atoms with Gasteiger partial charge in [0, 0.05) is 6.54 Å². The number of carboxylic acid groups (broad SMARTS) is 1. The minimum Gasteiger partial charge on any atom is -0.481 e. The van der Waals surface area contributed by atoms with E-state index >= 15 is 0 Å². The molecule has 1 aliphatic carbocycles. The Morgan fingerprint density at radius 3 is 2.50 bits per heavy atom. The number of benzene rings is 1. The molecule has 5 nitrogen and oxygen atoms in total. The first-order chi connectivity index (χ1) is 9.48. The molecule has 2 rings (SSSR count). The molecule has 1 aliphatic rings. The Morgan fingerprint density at radius 2 is 1.95 bits per heavy atom. The van der Waals surface area contributed by atoms with E-state index in [9.17, 15) is 9.59 Å². The third-order valence-corrected chi connectivity index (χ3v) is 3.67. The van der Waals surface area contributed by atoms with Crippen LogP contribution in [0.5, 0.6) is 0 Å². The fourth-order valence-electron chi connectivity index (χ4n) is 2.01. The molecule has 0 heterocycles. The van der Waals surface area contributed by atoms with E-state index in [4.69, 9.17) is 5.11 Å². The van der Waals surface area contributed by atoms with Gasteiger partial charge in [-0.15, -0.1) is 0 Å². The maximum Gasteiger partial charge on any atom is 0.315 e. The summed E-state index contributed by atoms with van der Waals surface area (Å²) in [6.07, 6.45) is 2.13. The first-order valence-electron chi connectivity index (χ1n) is 6.80. The Labute approximate surface area is 118 Å². The van der Waals surface area contributed by atoms with Gasteiger partial charge in [0.1, 0.15) is 0 Å². The van der Waals surface area contributed by atoms with Crippen LogP contribution in [0.25, 0.3) is 0 Å². The van der Waals surface area contributed by atoms with Crippen LogP contribution >= 0.6 is 0 Å². The van der Waals surface area contributed by atoms with Crippen LogP contribution in [0.4, 0.5) is 4.79 Å². The lowest BCUT2D eigenvalue weighted by molar-refractivity contribution is -0.137. The van der Waals surface area contributed by atoms with Crippen molar-refractivity contribution in [3.63, 3.8) is 0 Å². The predicted molar refractivity (Wildman–Crippen MR) is 75.3 cm³/mol. The predicted octanol–water partition coefficient (Wildman–Crippen LogP) is 2.30. The van der Waals surface area contributed by atoms with Gasteiger partial charge < -0.3 is 15.7 Å². The summed E-state index contributed by atoms with van der Waals surface area (Å²) in [4.78, 5) is 22.8. The number of aliphatic carboxylic acids is 1. The molecule has 0 radical (unpaired) electrons. The maximum absolute atomic E-state index is 11.9. The molecule has 20 heavy (non-hydrogen) atoms. The van der Waals surface area contributed by atoms with Crippen LogP contribution in [0.15, 0.2) is 30.3 Å². The standard InChI is InChI=1S/C15H20N2O3/c1-15(7-8-15)10-16-14(20)17-12(9-13(18)19)11-5-3-2-4-6-11/h2-6,12H,7-10H2,1H3,(H,18,19)(H2,16,17,20). The minimum absolute atomic E-state index is 0.130. The van der Waals surface area contributed by atoms with Gasteiger partial charge in [-0.1, -0.05) is 37.3 Å². The van der Waals surface area contributed by atoms with Gasteiger partial charge in [0.2, 0.25) is 0 Å². The number of carbonyl (C=O) groups excluding carboxylic acids is 1. The molecule has 1 saturated carbocycles. The van der Waals surface area contributed by atoms with Crippen molar-refractivity contribution in [3.8, 4) is 0 Å². The number of urea groups is 1. The van der Waals surface area contributed by atoms with Gasteiger partial charge in [-0.25, -0.2) is 4.79 Å². The van der Waals surface area contributed by atoms with E-state index < -0.39 is 12.0 Å². The van der Waals surface area contributed by atoms with Crippen LogP contribution in [0.3, 0.4) is 0 Å². The molecule has 0 aliphatic heterocycles. The Kier molecular flexibility index (Phi) is 4.27. The zero-order chi connectivity index (χ0) is 14.6. The highest BCUT2D eigenvalue weighted by molar-refractivity contribution is 5.76. The Hall–Kier alpha value is -2.04. The molecular weight excluding hydrogens is 256 g/mol. The van der Waals surface area contributed by atoms with Gasteiger partial charge in [0.15, 0.2) is 0 Å². The van der Waals surface area contributed by atoms with Gasteiger partial charge >= 0.3 is 12.0 Å². The lowest BCUT2D eigenvalue weighted by Crippen LogP contribution is -2.40. The van der Waals surface area contributed by atoms with Crippen molar-refractivity contribution in [1.82, 2.24) is 10.6 Å². The molecule has 0 spiro atoms. The molecule has 108 valence electrons. The summed E-state index contributed by atoms with van der Waals surface area (Å²) in [7, 11) is 0. The lowest BCUT2D eigenvalue weighted by Gasteiger charge is -2.19. The van der Waals surface area contributed by atoms with Crippen molar-refractivity contribution in [2.45, 2.75) is 32.2 Å². The third-order valence-electron chi connectivity index (χ3n) is 3.67. The molecule has 1 fully saturated rings. The Morgan fingerprint density at radius 1 is 1.30 bits per heavy atom. The monoisotopic (exact) mass is 276 g/mol. The molecule has 2 amide bonds. The first kappa shape index (κ1) is 14.4. The second kappa shape index (κ2) is 5.94. The molecular formula is C15H20N2O3. The highest BCUT2D eigenvalue weighted by Gasteiger charge is 2.37. The van der Waals surface area contributed by atoms with Crippen LogP contribution in [-0.4, -0.2) is 23.7 Å². The largest absolute Gasteiger partial charge is 0.481 e. The maximum atomic E-state index is 11.9. The van der Waals surface area contributed by atoms with Crippen molar-refractivity contribution in [2.24, 2.45) is 5.41 Å². The number of rotatable bonds is 6. The van der Waals surface area contributed by atoms with Crippen molar-refractivity contribution in [3.05, 3.63) is 35.9 Å². The summed E-state index contributed by atoms with van der Waals surface area (Å²) in [5.74, 6) is -0.937. The quantitative estimate of drug-likeness (QED) is 0.746. The highest BCUT2D eigenvalue weighted by Crippen LogP contribution is 2.43. The summed E-state index contributed by atoms with van der Waals surface area (Å²) < 4.78 is 0. The van der Waals surface area contributed by atoms with Crippen molar-refractivity contribution in [1.29, 1.82) is 0 Å². The van der Waals surface area contributed by atoms with Crippen molar-refractivity contribution >= 4 is 12.0 Å². The van der Waals surface area contributed by atoms with Gasteiger partial charge in [-0.3, -0.25) is 4.79 Å². The van der Waals surface area contributed by atoms with E-state index in [0.717, 1.165) is 18.4 Å². The smallest absolute Gasteiger partial charge is 0.315 e. The normalized spacial score (nSPS) is 17.1. The molecule has 0 bridgehead atoms. The topological polar surface area (TPSA) is 78.4 Å². The van der Waals surface area contributed by atoms with Crippen molar-refractivity contribution < 1.29 is 14.7 Å². The van der Waals surface area contributed by atoms with E-state index in [1.165, 1.54) is 0 Å². The van der Waals surface area contributed by atoms with E-state index in [-0.39, 0.29) is 17.9 Å². The van der Waals surface area contributed by atoms with Crippen LogP contribution < -0.4 is 10.6 Å². The van der Waals surface area contributed by atoms with Gasteiger partial charge in [-0.2, -0.15) is 0 Å². The zero-order valence-electron chi connectivity index (χ0n) is 11.6. The molecule has 0 aromatic heterocycles. The number of hydrogen-bond donors (Lipinski definition) is 3. The Bertz CT molecular complexity index is 483. The number of carbonyl (C=O) groups is 2. The number of nitrogens with one attached hydrogen (secondary N) is 2. The second-order valence-corrected chi connectivity index (χ2v) is 5.70. The lowest BCUT2D eigenvalue weighted by atomic mass is 10.0. The molecule has 1 aromatic rings. The summed E-state index contributed by atoms with van der Waals surface area (Å²) in [6, 6.07) is 8.32. The SMILES string of the molecule is CC1(CNC(=O)NC(CC(=O)O)c2ccccc2)CC1. The summed E-state index contributed by atoms with van der Waals surface area (Å²) in [6.45, 7) is 2.76. The Balaban J connectivity index is 1.93. The van der Waals surface area contributed by atoms with Gasteiger partial charge in [-0.05, 0) is 23.8 Å². The second-order valence-electron chi connectivity index (χ2n) is 5.70. The van der Waals surface area contributed by atoms with E-state index in [0.29, 0.717) is 6.54 Å². The molecule has 3 N–H and O–H groups in total. The van der Waals surface area contributed by atoms with Crippen LogP contribution in [0.1, 0.15) is 37.8 Å². The van der Waals surface area contributed by atoms with E-state index in [1.807, 2.05) is 30.3 Å². The van der Waals surface area contributed by atoms with Crippen LogP contribution in [-0.2, 0) is 4.79 Å². The molecule has 1 aromatic carbocycles. The third kappa shape index (κ3) is 4.26. The number of amides is 2. The number of hydrogen-bond acceptors (Lipinski definition) is 2. The fourth-order valence-corrected chi connectivity index (χ4v) is 2.01. The molecule has 1 unspecified atom stereocenters. The zero-order valence-corrected chi connectivity index (χ0v) is 11.6.